The molecule has 0 radical (unpaired) electrons. The topological polar surface area (TPSA) is 46.2 Å². The van der Waals surface area contributed by atoms with Crippen LogP contribution in [0.2, 0.25) is 0 Å². The monoisotopic (exact) mass is 377 g/mol. The van der Waals surface area contributed by atoms with Crippen molar-refractivity contribution in [1.82, 2.24) is 0 Å². The Bertz CT molecular complexity index is 737. The minimum Gasteiger partial charge on any atom is -0.279 e. The molecule has 2 aromatic rings. The number of sulfonamides is 1. The number of nitrogens with one attached hydrogen (secondary N) is 1. The zero-order valence-electron chi connectivity index (χ0n) is 10.1. The lowest BCUT2D eigenvalue weighted by Crippen LogP contribution is -2.15. The van der Waals surface area contributed by atoms with Gasteiger partial charge in [-0.05, 0) is 29.8 Å². The van der Waals surface area contributed by atoms with Gasteiger partial charge in [0.1, 0.15) is 10.7 Å². The van der Waals surface area contributed by atoms with Crippen molar-refractivity contribution in [3.63, 3.8) is 0 Å². The minimum absolute atomic E-state index is 0.154. The van der Waals surface area contributed by atoms with Gasteiger partial charge in [-0.3, -0.25) is 4.72 Å². The highest BCUT2D eigenvalue weighted by Crippen LogP contribution is 2.24. The van der Waals surface area contributed by atoms with E-state index in [0.717, 1.165) is 6.07 Å². The maximum absolute atomic E-state index is 13.8. The van der Waals surface area contributed by atoms with Crippen LogP contribution in [0.25, 0.3) is 0 Å². The number of hydrogen-bond donors (Lipinski definition) is 1. The lowest BCUT2D eigenvalue weighted by atomic mass is 10.2. The molecule has 0 aromatic heterocycles. The molecule has 2 aromatic carbocycles. The number of rotatable bonds is 4. The Morgan fingerprint density at radius 1 is 1.20 bits per heavy atom. The van der Waals surface area contributed by atoms with Crippen LogP contribution >= 0.6 is 27.5 Å². The smallest absolute Gasteiger partial charge is 0.264 e. The van der Waals surface area contributed by atoms with E-state index in [9.17, 15) is 12.8 Å². The minimum atomic E-state index is -4.00. The molecule has 0 spiro atoms. The second-order valence-corrected chi connectivity index (χ2v) is 6.80. The largest absolute Gasteiger partial charge is 0.279 e. The predicted molar refractivity (Wildman–Crippen MR) is 80.9 cm³/mol. The summed E-state index contributed by atoms with van der Waals surface area (Å²) in [5, 5.41) is 0. The molecular weight excluding hydrogens is 369 g/mol. The first kappa shape index (κ1) is 15.3. The molecule has 0 unspecified atom stereocenters. The highest BCUT2D eigenvalue weighted by Gasteiger charge is 2.20. The van der Waals surface area contributed by atoms with Gasteiger partial charge in [0.15, 0.2) is 0 Å². The average molecular weight is 379 g/mol. The molecule has 0 aliphatic heterocycles. The van der Waals surface area contributed by atoms with Gasteiger partial charge in [0.25, 0.3) is 10.0 Å². The second kappa shape index (κ2) is 6.11. The molecule has 0 saturated heterocycles. The Morgan fingerprint density at radius 2 is 1.90 bits per heavy atom. The highest BCUT2D eigenvalue weighted by atomic mass is 79.9. The lowest BCUT2D eigenvalue weighted by molar-refractivity contribution is 0.570. The van der Waals surface area contributed by atoms with E-state index >= 15 is 0 Å². The molecule has 2 rings (SSSR count). The number of halogens is 3. The number of para-hydroxylation sites is 1. The van der Waals surface area contributed by atoms with Crippen LogP contribution in [0.15, 0.2) is 51.8 Å². The molecule has 20 heavy (non-hydrogen) atoms. The Hall–Kier alpha value is -1.11. The lowest BCUT2D eigenvalue weighted by Gasteiger charge is -2.11. The molecule has 0 saturated carbocycles. The Kier molecular flexibility index (Phi) is 4.67. The van der Waals surface area contributed by atoms with Crippen molar-refractivity contribution >= 4 is 43.2 Å². The molecule has 0 heterocycles. The summed E-state index contributed by atoms with van der Waals surface area (Å²) in [7, 11) is -4.00. The molecule has 0 fully saturated rings. The summed E-state index contributed by atoms with van der Waals surface area (Å²) in [6.07, 6.45) is 0. The van der Waals surface area contributed by atoms with Gasteiger partial charge in [-0.1, -0.05) is 34.1 Å². The van der Waals surface area contributed by atoms with E-state index < -0.39 is 20.7 Å². The van der Waals surface area contributed by atoms with Crippen molar-refractivity contribution in [1.29, 1.82) is 0 Å². The number of hydrogen-bond acceptors (Lipinski definition) is 2. The SMILES string of the molecule is O=S(=O)(Nc1ccccc1CCl)c1ccc(Br)cc1F. The zero-order chi connectivity index (χ0) is 14.8. The van der Waals surface area contributed by atoms with Crippen LogP contribution in [0.3, 0.4) is 0 Å². The van der Waals surface area contributed by atoms with Gasteiger partial charge in [0.05, 0.1) is 5.69 Å². The first-order valence-electron chi connectivity index (χ1n) is 5.56. The van der Waals surface area contributed by atoms with E-state index in [1.807, 2.05) is 0 Å². The van der Waals surface area contributed by atoms with Crippen LogP contribution in [0.4, 0.5) is 10.1 Å². The fraction of sp³-hybridized carbons (Fsp3) is 0.0769. The van der Waals surface area contributed by atoms with Gasteiger partial charge in [-0.15, -0.1) is 11.6 Å². The Morgan fingerprint density at radius 3 is 2.55 bits per heavy atom. The van der Waals surface area contributed by atoms with Crippen molar-refractivity contribution in [2.24, 2.45) is 0 Å². The third kappa shape index (κ3) is 3.31. The molecular formula is C13H10BrClFNO2S. The first-order valence-corrected chi connectivity index (χ1v) is 8.37. The molecule has 0 aliphatic carbocycles. The summed E-state index contributed by atoms with van der Waals surface area (Å²) in [5.74, 6) is -0.670. The fourth-order valence-electron chi connectivity index (χ4n) is 1.63. The van der Waals surface area contributed by atoms with Crippen LogP contribution in [0.5, 0.6) is 0 Å². The van der Waals surface area contributed by atoms with Crippen molar-refractivity contribution in [2.75, 3.05) is 4.72 Å². The zero-order valence-corrected chi connectivity index (χ0v) is 13.3. The van der Waals surface area contributed by atoms with Gasteiger partial charge in [0, 0.05) is 10.4 Å². The number of alkyl halides is 1. The Labute approximate surface area is 130 Å². The van der Waals surface area contributed by atoms with Gasteiger partial charge >= 0.3 is 0 Å². The quantitative estimate of drug-likeness (QED) is 0.813. The van der Waals surface area contributed by atoms with Crippen LogP contribution < -0.4 is 4.72 Å². The van der Waals surface area contributed by atoms with Crippen LogP contribution in [0.1, 0.15) is 5.56 Å². The first-order chi connectivity index (χ1) is 9.44. The van der Waals surface area contributed by atoms with Crippen LogP contribution in [0, 0.1) is 5.82 Å². The summed E-state index contributed by atoms with van der Waals surface area (Å²) < 4.78 is 41.0. The molecule has 1 N–H and O–H groups in total. The summed E-state index contributed by atoms with van der Waals surface area (Å²) in [6.45, 7) is 0. The average Bonchev–Trinajstić information content (AvgIpc) is 2.38. The second-order valence-electron chi connectivity index (χ2n) is 3.97. The van der Waals surface area contributed by atoms with E-state index in [-0.39, 0.29) is 5.88 Å². The van der Waals surface area contributed by atoms with E-state index in [0.29, 0.717) is 15.7 Å². The molecule has 3 nitrogen and oxygen atoms in total. The number of anilines is 1. The van der Waals surface area contributed by atoms with Crippen molar-refractivity contribution in [3.8, 4) is 0 Å². The maximum Gasteiger partial charge on any atom is 0.264 e. The van der Waals surface area contributed by atoms with E-state index in [1.54, 1.807) is 24.3 Å². The molecule has 7 heteroatoms. The van der Waals surface area contributed by atoms with Crippen LogP contribution in [-0.4, -0.2) is 8.42 Å². The summed E-state index contributed by atoms with van der Waals surface area (Å²) in [6, 6.07) is 10.5. The van der Waals surface area contributed by atoms with Gasteiger partial charge in [-0.25, -0.2) is 12.8 Å². The van der Waals surface area contributed by atoms with E-state index in [4.69, 9.17) is 11.6 Å². The van der Waals surface area contributed by atoms with E-state index in [1.165, 1.54) is 12.1 Å². The van der Waals surface area contributed by atoms with Crippen molar-refractivity contribution in [2.45, 2.75) is 10.8 Å². The molecule has 106 valence electrons. The third-order valence-electron chi connectivity index (χ3n) is 2.59. The third-order valence-corrected chi connectivity index (χ3v) is 4.77. The summed E-state index contributed by atoms with van der Waals surface area (Å²) >= 11 is 8.82. The standard InChI is InChI=1S/C13H10BrClFNO2S/c14-10-5-6-13(11(16)7-10)20(18,19)17-12-4-2-1-3-9(12)8-15/h1-7,17H,8H2. The van der Waals surface area contributed by atoms with E-state index in [2.05, 4.69) is 20.7 Å². The van der Waals surface area contributed by atoms with Gasteiger partial charge < -0.3 is 0 Å². The molecule has 0 aliphatic rings. The highest BCUT2D eigenvalue weighted by molar-refractivity contribution is 9.10. The predicted octanol–water partition coefficient (Wildman–Crippen LogP) is 4.13. The molecule has 0 atom stereocenters. The van der Waals surface area contributed by atoms with Gasteiger partial charge in [-0.2, -0.15) is 0 Å². The van der Waals surface area contributed by atoms with Crippen LogP contribution in [-0.2, 0) is 15.9 Å². The normalized spacial score (nSPS) is 11.3. The summed E-state index contributed by atoms with van der Waals surface area (Å²) in [4.78, 5) is -0.412. The number of benzene rings is 2. The Balaban J connectivity index is 2.41. The van der Waals surface area contributed by atoms with Gasteiger partial charge in [0.2, 0.25) is 0 Å². The van der Waals surface area contributed by atoms with Crippen molar-refractivity contribution in [3.05, 3.63) is 58.3 Å². The van der Waals surface area contributed by atoms with Crippen molar-refractivity contribution < 1.29 is 12.8 Å². The molecule has 0 amide bonds. The fourth-order valence-corrected chi connectivity index (χ4v) is 3.36. The summed E-state index contributed by atoms with van der Waals surface area (Å²) in [5.41, 5.74) is 0.958. The molecule has 0 bridgehead atoms. The maximum atomic E-state index is 13.8.